The summed E-state index contributed by atoms with van der Waals surface area (Å²) in [6.07, 6.45) is -0.582. The van der Waals surface area contributed by atoms with Gasteiger partial charge in [-0.3, -0.25) is 4.79 Å². The molecule has 0 aliphatic heterocycles. The van der Waals surface area contributed by atoms with Crippen molar-refractivity contribution in [2.24, 2.45) is 0 Å². The molecule has 0 aliphatic rings. The van der Waals surface area contributed by atoms with E-state index in [2.05, 4.69) is 5.32 Å². The van der Waals surface area contributed by atoms with E-state index >= 15 is 0 Å². The molecule has 2 N–H and O–H groups in total. The van der Waals surface area contributed by atoms with Gasteiger partial charge in [-0.2, -0.15) is 0 Å². The van der Waals surface area contributed by atoms with Gasteiger partial charge in [0.2, 0.25) is 5.91 Å². The minimum atomic E-state index is -0.785. The van der Waals surface area contributed by atoms with Crippen molar-refractivity contribution in [1.29, 1.82) is 0 Å². The zero-order valence-corrected chi connectivity index (χ0v) is 13.3. The Kier molecular flexibility index (Phi) is 6.00. The van der Waals surface area contributed by atoms with Gasteiger partial charge < -0.3 is 19.9 Å². The molecule has 5 heteroatoms. The molecule has 0 saturated heterocycles. The molecule has 2 aromatic carbocycles. The van der Waals surface area contributed by atoms with Gasteiger partial charge in [0, 0.05) is 12.1 Å². The summed E-state index contributed by atoms with van der Waals surface area (Å²) in [6, 6.07) is 14.5. The zero-order valence-electron chi connectivity index (χ0n) is 13.3. The predicted molar refractivity (Wildman–Crippen MR) is 87.7 cm³/mol. The molecule has 2 rings (SSSR count). The van der Waals surface area contributed by atoms with E-state index in [0.717, 1.165) is 5.56 Å². The van der Waals surface area contributed by atoms with Crippen molar-refractivity contribution in [2.75, 3.05) is 20.8 Å². The van der Waals surface area contributed by atoms with Crippen molar-refractivity contribution in [3.05, 3.63) is 59.7 Å². The number of hydrogen-bond donors (Lipinski definition) is 2. The summed E-state index contributed by atoms with van der Waals surface area (Å²) < 4.78 is 10.3. The maximum atomic E-state index is 12.0. The first-order valence-electron chi connectivity index (χ1n) is 7.34. The molecule has 0 aliphatic carbocycles. The van der Waals surface area contributed by atoms with Crippen LogP contribution in [0.15, 0.2) is 48.5 Å². The molecule has 0 aromatic heterocycles. The van der Waals surface area contributed by atoms with E-state index in [0.29, 0.717) is 17.1 Å². The number of amides is 1. The highest BCUT2D eigenvalue weighted by Crippen LogP contribution is 2.19. The van der Waals surface area contributed by atoms with Crippen LogP contribution in [0.3, 0.4) is 0 Å². The Morgan fingerprint density at radius 3 is 2.65 bits per heavy atom. The Hall–Kier alpha value is -2.53. The van der Waals surface area contributed by atoms with E-state index in [1.165, 1.54) is 0 Å². The first-order chi connectivity index (χ1) is 11.1. The van der Waals surface area contributed by atoms with Crippen molar-refractivity contribution in [2.45, 2.75) is 12.5 Å². The molecular formula is C18H21NO4. The van der Waals surface area contributed by atoms with Gasteiger partial charge in [-0.1, -0.05) is 30.3 Å². The van der Waals surface area contributed by atoms with E-state index in [1.807, 2.05) is 24.3 Å². The smallest absolute Gasteiger partial charge is 0.224 e. The second-order valence-electron chi connectivity index (χ2n) is 5.09. The molecule has 1 atom stereocenters. The van der Waals surface area contributed by atoms with Crippen LogP contribution in [0, 0.1) is 0 Å². The Morgan fingerprint density at radius 1 is 1.13 bits per heavy atom. The molecule has 0 radical (unpaired) electrons. The Bertz CT molecular complexity index is 657. The van der Waals surface area contributed by atoms with Gasteiger partial charge in [-0.15, -0.1) is 0 Å². The fourth-order valence-corrected chi connectivity index (χ4v) is 2.26. The third-order valence-electron chi connectivity index (χ3n) is 3.51. The highest BCUT2D eigenvalue weighted by molar-refractivity contribution is 5.79. The molecule has 0 heterocycles. The lowest BCUT2D eigenvalue weighted by molar-refractivity contribution is -0.120. The van der Waals surface area contributed by atoms with Crippen molar-refractivity contribution < 1.29 is 19.4 Å². The summed E-state index contributed by atoms with van der Waals surface area (Å²) in [5.74, 6) is 1.18. The third kappa shape index (κ3) is 4.72. The number of benzene rings is 2. The van der Waals surface area contributed by atoms with Crippen LogP contribution in [0.5, 0.6) is 11.5 Å². The lowest BCUT2D eigenvalue weighted by Crippen LogP contribution is -2.29. The topological polar surface area (TPSA) is 67.8 Å². The number of rotatable bonds is 7. The summed E-state index contributed by atoms with van der Waals surface area (Å²) >= 11 is 0. The molecular weight excluding hydrogens is 294 g/mol. The van der Waals surface area contributed by atoms with Gasteiger partial charge in [0.05, 0.1) is 26.7 Å². The molecule has 5 nitrogen and oxygen atoms in total. The van der Waals surface area contributed by atoms with Crippen LogP contribution in [-0.4, -0.2) is 31.8 Å². The van der Waals surface area contributed by atoms with E-state index in [4.69, 9.17) is 9.47 Å². The number of methoxy groups -OCH3 is 2. The molecule has 0 fully saturated rings. The number of hydrogen-bond acceptors (Lipinski definition) is 4. The standard InChI is InChI=1S/C18H21NO4/c1-22-15-8-5-7-13(10-15)16(20)12-19-18(21)11-14-6-3-4-9-17(14)23-2/h3-10,16,20H,11-12H2,1-2H3,(H,19,21)/t16-/m1/s1. The molecule has 0 unspecified atom stereocenters. The number of carbonyl (C=O) groups excluding carboxylic acids is 1. The van der Waals surface area contributed by atoms with Crippen LogP contribution in [0.4, 0.5) is 0 Å². The lowest BCUT2D eigenvalue weighted by atomic mass is 10.1. The van der Waals surface area contributed by atoms with Gasteiger partial charge in [0.15, 0.2) is 0 Å². The van der Waals surface area contributed by atoms with Crippen LogP contribution in [0.25, 0.3) is 0 Å². The van der Waals surface area contributed by atoms with Crippen LogP contribution in [-0.2, 0) is 11.2 Å². The van der Waals surface area contributed by atoms with E-state index < -0.39 is 6.10 Å². The SMILES string of the molecule is COc1cccc([C@H](O)CNC(=O)Cc2ccccc2OC)c1. The molecule has 122 valence electrons. The maximum absolute atomic E-state index is 12.0. The molecule has 0 spiro atoms. The normalized spacial score (nSPS) is 11.6. The predicted octanol–water partition coefficient (Wildman–Crippen LogP) is 2.10. The van der Waals surface area contributed by atoms with E-state index in [9.17, 15) is 9.90 Å². The second-order valence-corrected chi connectivity index (χ2v) is 5.09. The number of nitrogens with one attached hydrogen (secondary N) is 1. The molecule has 0 saturated carbocycles. The number of para-hydroxylation sites is 1. The quantitative estimate of drug-likeness (QED) is 0.821. The van der Waals surface area contributed by atoms with Gasteiger partial charge in [0.25, 0.3) is 0 Å². The molecule has 23 heavy (non-hydrogen) atoms. The van der Waals surface area contributed by atoms with Crippen LogP contribution < -0.4 is 14.8 Å². The largest absolute Gasteiger partial charge is 0.497 e. The molecule has 0 bridgehead atoms. The van der Waals surface area contributed by atoms with Crippen molar-refractivity contribution in [1.82, 2.24) is 5.32 Å². The highest BCUT2D eigenvalue weighted by Gasteiger charge is 2.12. The number of ether oxygens (including phenoxy) is 2. The summed E-state index contributed by atoms with van der Waals surface area (Å²) in [5.41, 5.74) is 1.50. The fourth-order valence-electron chi connectivity index (χ4n) is 2.26. The average Bonchev–Trinajstić information content (AvgIpc) is 2.60. The molecule has 1 amide bonds. The van der Waals surface area contributed by atoms with Gasteiger partial charge >= 0.3 is 0 Å². The Balaban J connectivity index is 1.90. The van der Waals surface area contributed by atoms with Gasteiger partial charge in [-0.25, -0.2) is 0 Å². The third-order valence-corrected chi connectivity index (χ3v) is 3.51. The van der Waals surface area contributed by atoms with Crippen LogP contribution in [0.2, 0.25) is 0 Å². The van der Waals surface area contributed by atoms with Crippen molar-refractivity contribution >= 4 is 5.91 Å². The van der Waals surface area contributed by atoms with E-state index in [-0.39, 0.29) is 18.9 Å². The minimum absolute atomic E-state index is 0.140. The maximum Gasteiger partial charge on any atom is 0.224 e. The van der Waals surface area contributed by atoms with E-state index in [1.54, 1.807) is 38.5 Å². The summed E-state index contributed by atoms with van der Waals surface area (Å²) in [7, 11) is 3.14. The highest BCUT2D eigenvalue weighted by atomic mass is 16.5. The zero-order chi connectivity index (χ0) is 16.7. The lowest BCUT2D eigenvalue weighted by Gasteiger charge is -2.14. The first kappa shape index (κ1) is 16.8. The fraction of sp³-hybridized carbons (Fsp3) is 0.278. The van der Waals surface area contributed by atoms with Gasteiger partial charge in [-0.05, 0) is 23.8 Å². The molecule has 2 aromatic rings. The summed E-state index contributed by atoms with van der Waals surface area (Å²) in [5, 5.41) is 12.9. The van der Waals surface area contributed by atoms with Crippen LogP contribution in [0.1, 0.15) is 17.2 Å². The number of aliphatic hydroxyl groups excluding tert-OH is 1. The first-order valence-corrected chi connectivity index (χ1v) is 7.34. The second kappa shape index (κ2) is 8.19. The number of aliphatic hydroxyl groups is 1. The van der Waals surface area contributed by atoms with Crippen molar-refractivity contribution in [3.63, 3.8) is 0 Å². The van der Waals surface area contributed by atoms with Crippen LogP contribution >= 0.6 is 0 Å². The monoisotopic (exact) mass is 315 g/mol. The minimum Gasteiger partial charge on any atom is -0.497 e. The average molecular weight is 315 g/mol. The van der Waals surface area contributed by atoms with Crippen molar-refractivity contribution in [3.8, 4) is 11.5 Å². The summed E-state index contributed by atoms with van der Waals surface area (Å²) in [4.78, 5) is 12.0. The number of carbonyl (C=O) groups is 1. The Labute approximate surface area is 135 Å². The Morgan fingerprint density at radius 2 is 1.91 bits per heavy atom. The summed E-state index contributed by atoms with van der Waals surface area (Å²) in [6.45, 7) is 0.140. The van der Waals surface area contributed by atoms with Gasteiger partial charge in [0.1, 0.15) is 11.5 Å².